The van der Waals surface area contributed by atoms with Crippen LogP contribution in [0.4, 0.5) is 4.79 Å². The van der Waals surface area contributed by atoms with Gasteiger partial charge in [-0.15, -0.1) is 0 Å². The molecule has 1 atom stereocenters. The number of aromatic hydroxyl groups is 1. The number of aliphatic carboxylic acids is 1. The summed E-state index contributed by atoms with van der Waals surface area (Å²) in [7, 11) is 1.38. The molecule has 4 rings (SSSR count). The molecule has 6 nitrogen and oxygen atoms in total. The number of phenolic OH excluding ortho intramolecular Hbond substituents is 1. The van der Waals surface area contributed by atoms with Crippen LogP contribution in [0.25, 0.3) is 11.1 Å². The van der Waals surface area contributed by atoms with Gasteiger partial charge in [-0.1, -0.05) is 60.7 Å². The highest BCUT2D eigenvalue weighted by atomic mass is 16.6. The fourth-order valence-electron chi connectivity index (χ4n) is 4.03. The van der Waals surface area contributed by atoms with Crippen molar-refractivity contribution in [2.45, 2.75) is 12.0 Å². The lowest BCUT2D eigenvalue weighted by molar-refractivity contribution is -0.142. The smallest absolute Gasteiger partial charge is 0.410 e. The molecule has 3 aromatic rings. The molecule has 0 aromatic heterocycles. The summed E-state index contributed by atoms with van der Waals surface area (Å²) in [6, 6.07) is 20.6. The van der Waals surface area contributed by atoms with Crippen LogP contribution in [0.1, 0.15) is 28.7 Å². The average molecular weight is 403 g/mol. The first-order valence-electron chi connectivity index (χ1n) is 9.57. The summed E-state index contributed by atoms with van der Waals surface area (Å²) >= 11 is 0. The summed E-state index contributed by atoms with van der Waals surface area (Å²) in [5, 5.41) is 19.3. The van der Waals surface area contributed by atoms with Crippen molar-refractivity contribution < 1.29 is 24.5 Å². The largest absolute Gasteiger partial charge is 0.508 e. The number of phenols is 1. The molecule has 0 saturated heterocycles. The number of carboxylic acid groups (broad SMARTS) is 1. The first-order chi connectivity index (χ1) is 14.5. The molecule has 1 unspecified atom stereocenters. The van der Waals surface area contributed by atoms with Crippen molar-refractivity contribution in [1.29, 1.82) is 0 Å². The molecule has 0 radical (unpaired) electrons. The Morgan fingerprint density at radius 3 is 2.13 bits per heavy atom. The third-order valence-corrected chi connectivity index (χ3v) is 5.43. The predicted octanol–water partition coefficient (Wildman–Crippen LogP) is 4.40. The average Bonchev–Trinajstić information content (AvgIpc) is 3.06. The van der Waals surface area contributed by atoms with Crippen LogP contribution in [0.5, 0.6) is 5.75 Å². The SMILES string of the molecule is CN(C(=O)OCC1c2ccccc2-c2ccccc21)C(C(=O)O)c1cccc(O)c1. The fraction of sp³-hybridized carbons (Fsp3) is 0.167. The lowest BCUT2D eigenvalue weighted by Gasteiger charge is -2.25. The number of hydrogen-bond acceptors (Lipinski definition) is 4. The number of likely N-dealkylation sites (N-methyl/N-ethyl adjacent to an activating group) is 1. The van der Waals surface area contributed by atoms with Crippen molar-refractivity contribution >= 4 is 12.1 Å². The number of nitrogens with zero attached hydrogens (tertiary/aromatic N) is 1. The summed E-state index contributed by atoms with van der Waals surface area (Å²) < 4.78 is 5.55. The van der Waals surface area contributed by atoms with Crippen LogP contribution in [-0.4, -0.2) is 40.8 Å². The number of ether oxygens (including phenoxy) is 1. The Hall–Kier alpha value is -3.80. The van der Waals surface area contributed by atoms with Crippen molar-refractivity contribution in [2.75, 3.05) is 13.7 Å². The van der Waals surface area contributed by atoms with E-state index in [9.17, 15) is 19.8 Å². The summed E-state index contributed by atoms with van der Waals surface area (Å²) in [4.78, 5) is 25.6. The van der Waals surface area contributed by atoms with E-state index < -0.39 is 18.1 Å². The van der Waals surface area contributed by atoms with E-state index in [0.717, 1.165) is 27.2 Å². The molecule has 0 aliphatic heterocycles. The van der Waals surface area contributed by atoms with Gasteiger partial charge in [0.2, 0.25) is 0 Å². The zero-order chi connectivity index (χ0) is 21.3. The number of carboxylic acids is 1. The van der Waals surface area contributed by atoms with Gasteiger partial charge in [0, 0.05) is 13.0 Å². The maximum Gasteiger partial charge on any atom is 0.410 e. The van der Waals surface area contributed by atoms with Gasteiger partial charge in [-0.25, -0.2) is 9.59 Å². The first kappa shape index (κ1) is 19.5. The Kier molecular flexibility index (Phi) is 5.14. The highest BCUT2D eigenvalue weighted by molar-refractivity contribution is 5.82. The van der Waals surface area contributed by atoms with Crippen molar-refractivity contribution in [1.82, 2.24) is 4.90 Å². The van der Waals surface area contributed by atoms with Crippen LogP contribution in [0.15, 0.2) is 72.8 Å². The van der Waals surface area contributed by atoms with Crippen molar-refractivity contribution in [3.63, 3.8) is 0 Å². The second kappa shape index (κ2) is 7.91. The molecule has 1 aliphatic rings. The van der Waals surface area contributed by atoms with Gasteiger partial charge in [0.1, 0.15) is 12.4 Å². The Balaban J connectivity index is 1.54. The van der Waals surface area contributed by atoms with Crippen LogP contribution in [0.2, 0.25) is 0 Å². The third kappa shape index (κ3) is 3.48. The molecule has 3 aromatic carbocycles. The standard InChI is InChI=1S/C24H21NO5/c1-25(22(23(27)28)15-7-6-8-16(26)13-15)24(29)30-14-21-19-11-4-2-9-17(19)18-10-3-5-12-20(18)21/h2-13,21-22,26H,14H2,1H3,(H,27,28). The van der Waals surface area contributed by atoms with E-state index in [1.807, 2.05) is 48.5 Å². The van der Waals surface area contributed by atoms with E-state index in [0.29, 0.717) is 5.56 Å². The quantitative estimate of drug-likeness (QED) is 0.659. The summed E-state index contributed by atoms with van der Waals surface area (Å²) in [6.07, 6.45) is -0.743. The molecule has 0 spiro atoms. The van der Waals surface area contributed by atoms with Gasteiger partial charge in [-0.3, -0.25) is 4.90 Å². The van der Waals surface area contributed by atoms with Crippen LogP contribution < -0.4 is 0 Å². The minimum absolute atomic E-state index is 0.0697. The van der Waals surface area contributed by atoms with E-state index in [2.05, 4.69) is 0 Å². The molecule has 30 heavy (non-hydrogen) atoms. The number of rotatable bonds is 5. The Bertz CT molecular complexity index is 1060. The first-order valence-corrected chi connectivity index (χ1v) is 9.57. The number of carbonyl (C=O) groups is 2. The molecule has 2 N–H and O–H groups in total. The van der Waals surface area contributed by atoms with Gasteiger partial charge in [0.15, 0.2) is 6.04 Å². The van der Waals surface area contributed by atoms with Gasteiger partial charge in [0.25, 0.3) is 0 Å². The van der Waals surface area contributed by atoms with E-state index in [1.165, 1.54) is 25.2 Å². The zero-order valence-electron chi connectivity index (χ0n) is 16.4. The summed E-state index contributed by atoms with van der Waals surface area (Å²) in [5.41, 5.74) is 4.68. The second-order valence-electron chi connectivity index (χ2n) is 7.25. The molecule has 1 aliphatic carbocycles. The Morgan fingerprint density at radius 1 is 0.967 bits per heavy atom. The summed E-state index contributed by atoms with van der Waals surface area (Å²) in [5.74, 6) is -1.39. The molecule has 152 valence electrons. The second-order valence-corrected chi connectivity index (χ2v) is 7.25. The Labute approximate surface area is 174 Å². The highest BCUT2D eigenvalue weighted by Crippen LogP contribution is 2.44. The van der Waals surface area contributed by atoms with Gasteiger partial charge < -0.3 is 14.9 Å². The monoisotopic (exact) mass is 403 g/mol. The van der Waals surface area contributed by atoms with Gasteiger partial charge in [0.05, 0.1) is 0 Å². The van der Waals surface area contributed by atoms with Gasteiger partial charge >= 0.3 is 12.1 Å². The number of amides is 1. The van der Waals surface area contributed by atoms with Crippen LogP contribution >= 0.6 is 0 Å². The molecule has 0 bridgehead atoms. The van der Waals surface area contributed by atoms with E-state index in [-0.39, 0.29) is 18.3 Å². The molecule has 0 heterocycles. The number of fused-ring (bicyclic) bond motifs is 3. The van der Waals surface area contributed by atoms with E-state index in [1.54, 1.807) is 6.07 Å². The van der Waals surface area contributed by atoms with E-state index >= 15 is 0 Å². The van der Waals surface area contributed by atoms with Crippen molar-refractivity contribution in [2.24, 2.45) is 0 Å². The molecule has 6 heteroatoms. The fourth-order valence-corrected chi connectivity index (χ4v) is 4.03. The minimum Gasteiger partial charge on any atom is -0.508 e. The highest BCUT2D eigenvalue weighted by Gasteiger charge is 2.32. The maximum atomic E-state index is 12.7. The lowest BCUT2D eigenvalue weighted by Crippen LogP contribution is -2.36. The summed E-state index contributed by atoms with van der Waals surface area (Å²) in [6.45, 7) is 0.101. The van der Waals surface area contributed by atoms with Crippen molar-refractivity contribution in [3.8, 4) is 16.9 Å². The minimum atomic E-state index is -1.27. The van der Waals surface area contributed by atoms with Crippen molar-refractivity contribution in [3.05, 3.63) is 89.5 Å². The molecule has 0 fully saturated rings. The van der Waals surface area contributed by atoms with Gasteiger partial charge in [-0.05, 0) is 39.9 Å². The van der Waals surface area contributed by atoms with Gasteiger partial charge in [-0.2, -0.15) is 0 Å². The Morgan fingerprint density at radius 2 is 1.57 bits per heavy atom. The van der Waals surface area contributed by atoms with Crippen LogP contribution in [-0.2, 0) is 9.53 Å². The zero-order valence-corrected chi connectivity index (χ0v) is 16.4. The molecular formula is C24H21NO5. The van der Waals surface area contributed by atoms with Crippen LogP contribution in [0.3, 0.4) is 0 Å². The topological polar surface area (TPSA) is 87.1 Å². The maximum absolute atomic E-state index is 12.7. The number of hydrogen-bond donors (Lipinski definition) is 2. The van der Waals surface area contributed by atoms with Crippen LogP contribution in [0, 0.1) is 0 Å². The molecule has 0 saturated carbocycles. The molecule has 1 amide bonds. The third-order valence-electron chi connectivity index (χ3n) is 5.43. The van der Waals surface area contributed by atoms with E-state index in [4.69, 9.17) is 4.74 Å². The number of benzene rings is 3. The number of carbonyl (C=O) groups excluding carboxylic acids is 1. The lowest BCUT2D eigenvalue weighted by atomic mass is 9.98. The molecular weight excluding hydrogens is 382 g/mol. The predicted molar refractivity (Wildman–Crippen MR) is 111 cm³/mol. The normalized spacial score (nSPS) is 13.2.